The molecule has 0 bridgehead atoms. The van der Waals surface area contributed by atoms with Crippen molar-refractivity contribution in [2.24, 2.45) is 10.8 Å². The Balaban J connectivity index is -0.00000112. The molecule has 0 aliphatic rings. The molecule has 0 amide bonds. The van der Waals surface area contributed by atoms with E-state index >= 15 is 0 Å². The summed E-state index contributed by atoms with van der Waals surface area (Å²) < 4.78 is 0. The topological polar surface area (TPSA) is 74.6 Å². The summed E-state index contributed by atoms with van der Waals surface area (Å²) in [5.74, 6) is -2.47. The van der Waals surface area contributed by atoms with Gasteiger partial charge in [0.1, 0.15) is 0 Å². The van der Waals surface area contributed by atoms with Gasteiger partial charge in [-0.25, -0.2) is 0 Å². The Morgan fingerprint density at radius 1 is 1.06 bits per heavy atom. The minimum Gasteiger partial charge on any atom is -1.00 e. The van der Waals surface area contributed by atoms with Gasteiger partial charge < -0.3 is 11.6 Å². The number of hydrogen-bond acceptors (Lipinski definition) is 2. The van der Waals surface area contributed by atoms with Crippen LogP contribution in [0.3, 0.4) is 0 Å². The molecule has 96 valence electrons. The Morgan fingerprint density at radius 3 is 1.71 bits per heavy atom. The molecule has 0 aromatic heterocycles. The number of carbonyl (C=O) groups is 2. The average molecular weight is 254 g/mol. The van der Waals surface area contributed by atoms with Crippen molar-refractivity contribution in [3.8, 4) is 0 Å². The molecule has 5 heteroatoms. The van der Waals surface area contributed by atoms with Crippen LogP contribution in [0.4, 0.5) is 0 Å². The van der Waals surface area contributed by atoms with Crippen LogP contribution in [0.5, 0.6) is 0 Å². The van der Waals surface area contributed by atoms with E-state index in [1.165, 1.54) is 0 Å². The molecule has 0 aliphatic heterocycles. The van der Waals surface area contributed by atoms with Gasteiger partial charge in [0.25, 0.3) is 0 Å². The number of carboxylic acid groups (broad SMARTS) is 2. The third kappa shape index (κ3) is 4.27. The molecule has 0 aromatic carbocycles. The van der Waals surface area contributed by atoms with Gasteiger partial charge in [-0.2, -0.15) is 0 Å². The van der Waals surface area contributed by atoms with Gasteiger partial charge in [0.05, 0.1) is 0 Å². The third-order valence-electron chi connectivity index (χ3n) is 3.17. The van der Waals surface area contributed by atoms with Crippen LogP contribution in [-0.2, 0) is 9.59 Å². The summed E-state index contributed by atoms with van der Waals surface area (Å²) in [6.07, 6.45) is 2.62. The van der Waals surface area contributed by atoms with Crippen molar-refractivity contribution in [2.45, 2.75) is 53.4 Å². The van der Waals surface area contributed by atoms with Crippen molar-refractivity contribution in [3.63, 3.8) is 0 Å². The fourth-order valence-electron chi connectivity index (χ4n) is 1.96. The first-order chi connectivity index (χ1) is 7.20. The molecule has 0 heterocycles. The molecule has 0 saturated heterocycles. The maximum absolute atomic E-state index is 11.3. The molecule has 0 radical (unpaired) electrons. The molecule has 0 atom stereocenters. The van der Waals surface area contributed by atoms with E-state index in [2.05, 4.69) is 0 Å². The number of carboxylic acids is 2. The summed E-state index contributed by atoms with van der Waals surface area (Å²) in [5, 5.41) is 18.5. The molecular formula is C12H23NaO4. The standard InChI is InChI=1S/C12H22O4.Na.H/c1-5-6-7-8-12(9(13)14,10(15)16)11(2,3)4;;/h5-8H2,1-4H3,(H,13,14)(H,15,16);;/q;+1;-1. The Labute approximate surface area is 127 Å². The van der Waals surface area contributed by atoms with Crippen molar-refractivity contribution >= 4 is 11.9 Å². The smallest absolute Gasteiger partial charge is 1.00 e. The molecule has 0 unspecified atom stereocenters. The fraction of sp³-hybridized carbons (Fsp3) is 0.833. The van der Waals surface area contributed by atoms with Crippen molar-refractivity contribution in [1.82, 2.24) is 0 Å². The number of hydrogen-bond donors (Lipinski definition) is 2. The van der Waals surface area contributed by atoms with Gasteiger partial charge in [0.15, 0.2) is 5.41 Å². The largest absolute Gasteiger partial charge is 1.00 e. The molecule has 0 aliphatic carbocycles. The van der Waals surface area contributed by atoms with Crippen LogP contribution in [0.15, 0.2) is 0 Å². The zero-order valence-electron chi connectivity index (χ0n) is 12.5. The van der Waals surface area contributed by atoms with Crippen LogP contribution in [0.2, 0.25) is 0 Å². The molecule has 17 heavy (non-hydrogen) atoms. The van der Waals surface area contributed by atoms with Crippen LogP contribution < -0.4 is 29.6 Å². The van der Waals surface area contributed by atoms with E-state index in [0.29, 0.717) is 6.42 Å². The van der Waals surface area contributed by atoms with Crippen LogP contribution in [0, 0.1) is 10.8 Å². The van der Waals surface area contributed by atoms with E-state index in [4.69, 9.17) is 0 Å². The Bertz CT molecular complexity index is 260. The van der Waals surface area contributed by atoms with Crippen molar-refractivity contribution in [2.75, 3.05) is 0 Å². The van der Waals surface area contributed by atoms with Gasteiger partial charge >= 0.3 is 41.5 Å². The molecule has 4 nitrogen and oxygen atoms in total. The quantitative estimate of drug-likeness (QED) is 0.394. The maximum atomic E-state index is 11.3. The van der Waals surface area contributed by atoms with Crippen LogP contribution in [0.1, 0.15) is 54.8 Å². The zero-order valence-corrected chi connectivity index (χ0v) is 13.5. The summed E-state index contributed by atoms with van der Waals surface area (Å²) in [6, 6.07) is 0. The second kappa shape index (κ2) is 7.39. The van der Waals surface area contributed by atoms with Crippen molar-refractivity contribution < 1.29 is 50.8 Å². The predicted octanol–water partition coefficient (Wildman–Crippen LogP) is -0.115. The van der Waals surface area contributed by atoms with E-state index in [0.717, 1.165) is 12.8 Å². The first-order valence-electron chi connectivity index (χ1n) is 5.67. The SMILES string of the molecule is CCCCCC(C(=O)O)(C(=O)O)C(C)(C)C.[H-].[Na+]. The van der Waals surface area contributed by atoms with Gasteiger partial charge in [-0.05, 0) is 11.8 Å². The second-order valence-corrected chi connectivity index (χ2v) is 5.22. The minimum absolute atomic E-state index is 0. The van der Waals surface area contributed by atoms with Gasteiger partial charge in [-0.1, -0.05) is 47.0 Å². The molecule has 0 spiro atoms. The number of aliphatic carboxylic acids is 2. The van der Waals surface area contributed by atoms with Crippen LogP contribution in [0.25, 0.3) is 0 Å². The van der Waals surface area contributed by atoms with Crippen molar-refractivity contribution in [1.29, 1.82) is 0 Å². The van der Waals surface area contributed by atoms with Crippen LogP contribution in [-0.4, -0.2) is 22.2 Å². The van der Waals surface area contributed by atoms with Gasteiger partial charge in [0, 0.05) is 0 Å². The van der Waals surface area contributed by atoms with Crippen LogP contribution >= 0.6 is 0 Å². The molecule has 0 aromatic rings. The second-order valence-electron chi connectivity index (χ2n) is 5.22. The van der Waals surface area contributed by atoms with Gasteiger partial charge in [-0.15, -0.1) is 0 Å². The Kier molecular flexibility index (Phi) is 8.38. The first-order valence-corrected chi connectivity index (χ1v) is 5.67. The molecule has 0 fully saturated rings. The minimum atomic E-state index is -1.68. The monoisotopic (exact) mass is 254 g/mol. The molecule has 0 saturated carbocycles. The maximum Gasteiger partial charge on any atom is 1.00 e. The number of unbranched alkanes of at least 4 members (excludes halogenated alkanes) is 2. The van der Waals surface area contributed by atoms with Crippen molar-refractivity contribution in [3.05, 3.63) is 0 Å². The Morgan fingerprint density at radius 2 is 1.47 bits per heavy atom. The predicted molar refractivity (Wildman–Crippen MR) is 62.4 cm³/mol. The van der Waals surface area contributed by atoms with Gasteiger partial charge in [-0.3, -0.25) is 9.59 Å². The third-order valence-corrected chi connectivity index (χ3v) is 3.17. The summed E-state index contributed by atoms with van der Waals surface area (Å²) in [6.45, 7) is 7.00. The summed E-state index contributed by atoms with van der Waals surface area (Å²) >= 11 is 0. The summed E-state index contributed by atoms with van der Waals surface area (Å²) in [7, 11) is 0. The normalized spacial score (nSPS) is 11.8. The van der Waals surface area contributed by atoms with E-state index in [9.17, 15) is 19.8 Å². The van der Waals surface area contributed by atoms with E-state index in [1.807, 2.05) is 6.92 Å². The zero-order chi connectivity index (χ0) is 13.0. The molecule has 2 N–H and O–H groups in total. The fourth-order valence-corrected chi connectivity index (χ4v) is 1.96. The molecule has 0 rings (SSSR count). The van der Waals surface area contributed by atoms with E-state index in [-0.39, 0.29) is 37.4 Å². The number of rotatable bonds is 6. The summed E-state index contributed by atoms with van der Waals surface area (Å²) in [5.41, 5.74) is -2.47. The first kappa shape index (κ1) is 19.3. The van der Waals surface area contributed by atoms with E-state index < -0.39 is 22.8 Å². The van der Waals surface area contributed by atoms with Gasteiger partial charge in [0.2, 0.25) is 0 Å². The summed E-state index contributed by atoms with van der Waals surface area (Å²) in [4.78, 5) is 22.6. The Hall–Kier alpha value is -0.0600. The average Bonchev–Trinajstić information content (AvgIpc) is 2.08. The molecular weight excluding hydrogens is 231 g/mol. The van der Waals surface area contributed by atoms with E-state index in [1.54, 1.807) is 20.8 Å².